The van der Waals surface area contributed by atoms with Gasteiger partial charge in [-0.25, -0.2) is 4.79 Å². The van der Waals surface area contributed by atoms with Crippen molar-refractivity contribution in [3.63, 3.8) is 0 Å². The van der Waals surface area contributed by atoms with E-state index in [4.69, 9.17) is 0 Å². The van der Waals surface area contributed by atoms with E-state index in [0.717, 1.165) is 43.1 Å². The first-order chi connectivity index (χ1) is 14.4. The van der Waals surface area contributed by atoms with Crippen LogP contribution in [0.5, 0.6) is 0 Å². The topological polar surface area (TPSA) is 64.7 Å². The maximum Gasteiger partial charge on any atom is 0.315 e. The van der Waals surface area contributed by atoms with Gasteiger partial charge in [0.25, 0.3) is 0 Å². The van der Waals surface area contributed by atoms with Crippen LogP contribution in [0.15, 0.2) is 24.3 Å². The Morgan fingerprint density at radius 2 is 1.87 bits per heavy atom. The predicted octanol–water partition coefficient (Wildman–Crippen LogP) is 3.36. The Morgan fingerprint density at radius 1 is 1.13 bits per heavy atom. The molecule has 3 amide bonds. The number of hydrogen-bond acceptors (Lipinski definition) is 3. The molecule has 0 bridgehead atoms. The smallest absolute Gasteiger partial charge is 0.315 e. The molecule has 2 N–H and O–H groups in total. The monoisotopic (exact) mass is 414 g/mol. The number of nitrogens with one attached hydrogen (secondary N) is 2. The molecule has 30 heavy (non-hydrogen) atoms. The molecule has 1 aromatic rings. The summed E-state index contributed by atoms with van der Waals surface area (Å²) in [4.78, 5) is 28.7. The molecular weight excluding hydrogens is 376 g/mol. The lowest BCUT2D eigenvalue weighted by Gasteiger charge is -2.38. The van der Waals surface area contributed by atoms with E-state index < -0.39 is 0 Å². The Labute approximate surface area is 181 Å². The minimum absolute atomic E-state index is 0.119. The zero-order chi connectivity index (χ0) is 21.5. The number of carbonyl (C=O) groups excluding carboxylic acids is 2. The Kier molecular flexibility index (Phi) is 8.14. The molecule has 2 saturated heterocycles. The van der Waals surface area contributed by atoms with Gasteiger partial charge in [0, 0.05) is 38.6 Å². The SMILES string of the molecule is CC1CCN(C(CNC(=O)NCc2cccc(CN3CCCC3=O)c2)C(C)C)CC1. The third-order valence-electron chi connectivity index (χ3n) is 6.52. The first-order valence-electron chi connectivity index (χ1n) is 11.5. The van der Waals surface area contributed by atoms with Crippen LogP contribution in [0.25, 0.3) is 0 Å². The molecule has 2 aliphatic heterocycles. The van der Waals surface area contributed by atoms with E-state index in [9.17, 15) is 9.59 Å². The molecule has 0 radical (unpaired) electrons. The van der Waals surface area contributed by atoms with Gasteiger partial charge in [-0.2, -0.15) is 0 Å². The molecule has 2 fully saturated rings. The maximum atomic E-state index is 12.4. The number of hydrogen-bond donors (Lipinski definition) is 2. The molecule has 1 aromatic carbocycles. The van der Waals surface area contributed by atoms with Crippen molar-refractivity contribution < 1.29 is 9.59 Å². The van der Waals surface area contributed by atoms with Crippen LogP contribution in [-0.2, 0) is 17.9 Å². The third kappa shape index (κ3) is 6.46. The summed E-state index contributed by atoms with van der Waals surface area (Å²) in [6.07, 6.45) is 4.10. The minimum atomic E-state index is -0.119. The molecule has 6 nitrogen and oxygen atoms in total. The summed E-state index contributed by atoms with van der Waals surface area (Å²) in [6.45, 7) is 11.7. The molecule has 2 aliphatic rings. The molecule has 1 atom stereocenters. The van der Waals surface area contributed by atoms with Gasteiger partial charge in [-0.1, -0.05) is 45.0 Å². The van der Waals surface area contributed by atoms with Gasteiger partial charge in [-0.05, 0) is 55.3 Å². The highest BCUT2D eigenvalue weighted by Crippen LogP contribution is 2.21. The summed E-state index contributed by atoms with van der Waals surface area (Å²) in [5.74, 6) is 1.55. The minimum Gasteiger partial charge on any atom is -0.338 e. The van der Waals surface area contributed by atoms with Crippen molar-refractivity contribution in [3.05, 3.63) is 35.4 Å². The van der Waals surface area contributed by atoms with Crippen LogP contribution < -0.4 is 10.6 Å². The zero-order valence-electron chi connectivity index (χ0n) is 18.8. The first kappa shape index (κ1) is 22.6. The molecule has 1 unspecified atom stereocenters. The Hall–Kier alpha value is -2.08. The van der Waals surface area contributed by atoms with E-state index in [0.29, 0.717) is 38.0 Å². The second kappa shape index (κ2) is 10.8. The number of likely N-dealkylation sites (tertiary alicyclic amines) is 2. The van der Waals surface area contributed by atoms with E-state index >= 15 is 0 Å². The Balaban J connectivity index is 1.44. The summed E-state index contributed by atoms with van der Waals surface area (Å²) >= 11 is 0. The molecule has 2 heterocycles. The average Bonchev–Trinajstić information content (AvgIpc) is 3.12. The second-order valence-corrected chi connectivity index (χ2v) is 9.33. The number of piperidine rings is 1. The zero-order valence-corrected chi connectivity index (χ0v) is 18.8. The number of benzene rings is 1. The molecule has 166 valence electrons. The molecule has 3 rings (SSSR count). The van der Waals surface area contributed by atoms with Gasteiger partial charge in [0.05, 0.1) is 0 Å². The van der Waals surface area contributed by atoms with Crippen LogP contribution in [0.2, 0.25) is 0 Å². The van der Waals surface area contributed by atoms with E-state index in [1.54, 1.807) is 0 Å². The van der Waals surface area contributed by atoms with Gasteiger partial charge in [0.15, 0.2) is 0 Å². The van der Waals surface area contributed by atoms with E-state index in [1.165, 1.54) is 12.8 Å². The molecule has 6 heteroatoms. The van der Waals surface area contributed by atoms with Gasteiger partial charge in [0.1, 0.15) is 0 Å². The van der Waals surface area contributed by atoms with Crippen molar-refractivity contribution in [3.8, 4) is 0 Å². The molecule has 0 spiro atoms. The van der Waals surface area contributed by atoms with Crippen LogP contribution in [0.4, 0.5) is 4.79 Å². The van der Waals surface area contributed by atoms with Crippen LogP contribution in [0.1, 0.15) is 57.6 Å². The van der Waals surface area contributed by atoms with Crippen molar-refractivity contribution in [2.45, 2.75) is 65.6 Å². The number of amides is 3. The first-order valence-corrected chi connectivity index (χ1v) is 11.5. The van der Waals surface area contributed by atoms with E-state index in [-0.39, 0.29) is 11.9 Å². The van der Waals surface area contributed by atoms with Crippen molar-refractivity contribution >= 4 is 11.9 Å². The molecule has 0 saturated carbocycles. The highest BCUT2D eigenvalue weighted by molar-refractivity contribution is 5.78. The number of rotatable bonds is 8. The van der Waals surface area contributed by atoms with Crippen molar-refractivity contribution in [2.24, 2.45) is 11.8 Å². The van der Waals surface area contributed by atoms with Gasteiger partial charge >= 0.3 is 6.03 Å². The number of carbonyl (C=O) groups is 2. The normalized spacial score (nSPS) is 19.3. The van der Waals surface area contributed by atoms with Gasteiger partial charge in [-0.3, -0.25) is 9.69 Å². The maximum absolute atomic E-state index is 12.4. The lowest BCUT2D eigenvalue weighted by Crippen LogP contribution is -2.51. The summed E-state index contributed by atoms with van der Waals surface area (Å²) in [5, 5.41) is 6.06. The van der Waals surface area contributed by atoms with Crippen LogP contribution in [0.3, 0.4) is 0 Å². The quantitative estimate of drug-likeness (QED) is 0.686. The lowest BCUT2D eigenvalue weighted by atomic mass is 9.94. The van der Waals surface area contributed by atoms with Crippen molar-refractivity contribution in [1.29, 1.82) is 0 Å². The average molecular weight is 415 g/mol. The standard InChI is InChI=1S/C24H38N4O2/c1-18(2)22(27-12-9-19(3)10-13-27)16-26-24(30)25-15-20-6-4-7-21(14-20)17-28-11-5-8-23(28)29/h4,6-7,14,18-19,22H,5,8-13,15-17H2,1-3H3,(H2,25,26,30). The van der Waals surface area contributed by atoms with E-state index in [1.807, 2.05) is 23.1 Å². The van der Waals surface area contributed by atoms with Gasteiger partial charge < -0.3 is 15.5 Å². The molecular formula is C24H38N4O2. The van der Waals surface area contributed by atoms with Gasteiger partial charge in [0.2, 0.25) is 5.91 Å². The lowest BCUT2D eigenvalue weighted by molar-refractivity contribution is -0.128. The predicted molar refractivity (Wildman–Crippen MR) is 120 cm³/mol. The molecule has 0 aliphatic carbocycles. The number of nitrogens with zero attached hydrogens (tertiary/aromatic N) is 2. The third-order valence-corrected chi connectivity index (χ3v) is 6.52. The van der Waals surface area contributed by atoms with Crippen LogP contribution >= 0.6 is 0 Å². The summed E-state index contributed by atoms with van der Waals surface area (Å²) < 4.78 is 0. The van der Waals surface area contributed by atoms with Crippen LogP contribution in [0, 0.1) is 11.8 Å². The van der Waals surface area contributed by atoms with Gasteiger partial charge in [-0.15, -0.1) is 0 Å². The summed E-state index contributed by atoms with van der Waals surface area (Å²) in [6, 6.07) is 8.40. The fraction of sp³-hybridized carbons (Fsp3) is 0.667. The second-order valence-electron chi connectivity index (χ2n) is 9.33. The Morgan fingerprint density at radius 3 is 2.53 bits per heavy atom. The highest BCUT2D eigenvalue weighted by atomic mass is 16.2. The summed E-state index contributed by atoms with van der Waals surface area (Å²) in [5.41, 5.74) is 2.17. The fourth-order valence-electron chi connectivity index (χ4n) is 4.52. The van der Waals surface area contributed by atoms with Crippen molar-refractivity contribution in [1.82, 2.24) is 20.4 Å². The summed E-state index contributed by atoms with van der Waals surface area (Å²) in [7, 11) is 0. The molecule has 0 aromatic heterocycles. The Bertz CT molecular complexity index is 713. The fourth-order valence-corrected chi connectivity index (χ4v) is 4.52. The highest BCUT2D eigenvalue weighted by Gasteiger charge is 2.26. The number of urea groups is 1. The van der Waals surface area contributed by atoms with E-state index in [2.05, 4.69) is 42.4 Å². The van der Waals surface area contributed by atoms with Crippen molar-refractivity contribution in [2.75, 3.05) is 26.2 Å². The van der Waals surface area contributed by atoms with Crippen LogP contribution in [-0.4, -0.2) is 54.0 Å². The largest absolute Gasteiger partial charge is 0.338 e.